The first-order valence-electron chi connectivity index (χ1n) is 9.88. The fourth-order valence-electron chi connectivity index (χ4n) is 4.98. The van der Waals surface area contributed by atoms with Crippen molar-refractivity contribution in [2.45, 2.75) is 25.0 Å². The Labute approximate surface area is 182 Å². The summed E-state index contributed by atoms with van der Waals surface area (Å²) in [4.78, 5) is 25.6. The Balaban J connectivity index is 0.00000231. The molecule has 4 heterocycles. The number of ether oxygens (including phenoxy) is 3. The van der Waals surface area contributed by atoms with Crippen LogP contribution < -0.4 is 25.5 Å². The molecular formula is C20H23ClFN3O6. The van der Waals surface area contributed by atoms with E-state index in [2.05, 4.69) is 4.74 Å². The van der Waals surface area contributed by atoms with E-state index in [9.17, 15) is 9.59 Å². The van der Waals surface area contributed by atoms with Gasteiger partial charge in [0.05, 0.1) is 23.1 Å². The van der Waals surface area contributed by atoms with Crippen LogP contribution in [0.25, 0.3) is 10.9 Å². The molecule has 3 aliphatic heterocycles. The van der Waals surface area contributed by atoms with Crippen LogP contribution in [0.2, 0.25) is 0 Å². The smallest absolute Gasteiger partial charge is 0.487 e. The monoisotopic (exact) mass is 455 g/mol. The van der Waals surface area contributed by atoms with E-state index < -0.39 is 23.0 Å². The van der Waals surface area contributed by atoms with E-state index in [0.29, 0.717) is 31.8 Å². The molecule has 168 valence electrons. The second-order valence-electron chi connectivity index (χ2n) is 8.17. The molecule has 11 heteroatoms. The fourth-order valence-corrected chi connectivity index (χ4v) is 4.98. The number of carbonyl (C=O) groups is 1. The molecule has 0 bridgehead atoms. The van der Waals surface area contributed by atoms with Gasteiger partial charge >= 0.3 is 6.16 Å². The summed E-state index contributed by atoms with van der Waals surface area (Å²) in [6, 6.07) is 0.930. The molecule has 3 N–H and O–H groups in total. The van der Waals surface area contributed by atoms with Gasteiger partial charge in [0, 0.05) is 32.2 Å². The van der Waals surface area contributed by atoms with Gasteiger partial charge < -0.3 is 34.5 Å². The van der Waals surface area contributed by atoms with Crippen molar-refractivity contribution in [2.75, 3.05) is 37.7 Å². The molecular weight excluding hydrogens is 433 g/mol. The molecule has 2 saturated heterocycles. The summed E-state index contributed by atoms with van der Waals surface area (Å²) in [6.07, 6.45) is 0.601. The van der Waals surface area contributed by atoms with Crippen molar-refractivity contribution in [1.82, 2.24) is 4.57 Å². The lowest BCUT2D eigenvalue weighted by Gasteiger charge is -2.32. The number of anilines is 1. The van der Waals surface area contributed by atoms with Gasteiger partial charge in [0.2, 0.25) is 5.43 Å². The first-order valence-corrected chi connectivity index (χ1v) is 9.88. The number of nitrogens with zero attached hydrogens (tertiary/aromatic N) is 2. The van der Waals surface area contributed by atoms with E-state index >= 15 is 4.39 Å². The molecule has 3 atom stereocenters. The first-order chi connectivity index (χ1) is 14.3. The van der Waals surface area contributed by atoms with Crippen molar-refractivity contribution in [1.29, 1.82) is 0 Å². The zero-order valence-electron chi connectivity index (χ0n) is 16.8. The second-order valence-corrected chi connectivity index (χ2v) is 8.17. The lowest BCUT2D eigenvalue weighted by Crippen LogP contribution is -2.44. The Morgan fingerprint density at radius 1 is 1.48 bits per heavy atom. The summed E-state index contributed by atoms with van der Waals surface area (Å²) in [5.74, 6) is -0.515. The summed E-state index contributed by atoms with van der Waals surface area (Å²) < 4.78 is 33.6. The third kappa shape index (κ3) is 3.12. The van der Waals surface area contributed by atoms with Gasteiger partial charge in [-0.1, -0.05) is 0 Å². The van der Waals surface area contributed by atoms with Gasteiger partial charge in [-0.2, -0.15) is 0 Å². The molecule has 0 spiro atoms. The van der Waals surface area contributed by atoms with E-state index in [1.54, 1.807) is 4.57 Å². The van der Waals surface area contributed by atoms with Crippen molar-refractivity contribution in [2.24, 2.45) is 11.7 Å². The van der Waals surface area contributed by atoms with Crippen molar-refractivity contribution >= 4 is 35.2 Å². The topological polar surface area (TPSA) is 116 Å². The molecule has 2 fully saturated rings. The molecule has 0 amide bonds. The second kappa shape index (κ2) is 7.54. The Bertz CT molecular complexity index is 1120. The van der Waals surface area contributed by atoms with Crippen LogP contribution in [0.15, 0.2) is 17.1 Å². The van der Waals surface area contributed by atoms with Crippen molar-refractivity contribution in [3.63, 3.8) is 0 Å². The van der Waals surface area contributed by atoms with Crippen LogP contribution in [0.3, 0.4) is 0 Å². The number of benzene rings is 1. The van der Waals surface area contributed by atoms with Crippen molar-refractivity contribution < 1.29 is 28.5 Å². The van der Waals surface area contributed by atoms with Gasteiger partial charge in [0.1, 0.15) is 17.9 Å². The first kappa shape index (κ1) is 21.7. The average molecular weight is 456 g/mol. The Kier molecular flexibility index (Phi) is 5.27. The lowest BCUT2D eigenvalue weighted by atomic mass is 9.91. The summed E-state index contributed by atoms with van der Waals surface area (Å²) in [5.41, 5.74) is 5.49. The van der Waals surface area contributed by atoms with Gasteiger partial charge in [0.25, 0.3) is 0 Å². The number of hydrogen-bond donors (Lipinski definition) is 2. The minimum atomic E-state index is -1.60. The van der Waals surface area contributed by atoms with Gasteiger partial charge in [-0.25, -0.2) is 9.18 Å². The quantitative estimate of drug-likeness (QED) is 0.676. The molecule has 1 aromatic carbocycles. The maximum absolute atomic E-state index is 15.4. The van der Waals surface area contributed by atoms with Crippen LogP contribution in [-0.2, 0) is 4.74 Å². The van der Waals surface area contributed by atoms with Crippen LogP contribution in [0, 0.1) is 11.7 Å². The number of halogens is 2. The minimum absolute atomic E-state index is 0. The molecule has 0 radical (unpaired) electrons. The normalized spacial score (nSPS) is 26.4. The standard InChI is InChI=1S/C20H22FN3O6.ClH/c1-10-7-28-18-15-12(17(25)14(6-24(10)15)30-19(26)27)4-13(21)16(18)23-5-11-2-3-29-20(11,8-22)9-23;/h4,6,10-11H,2-3,5,7-9,22H2,1H3,(H,26,27);1H/t10-,11?,20?;/m0./s1. The number of fused-ring (bicyclic) bond motifs is 1. The highest BCUT2D eigenvalue weighted by molar-refractivity contribution is 5.93. The molecule has 5 rings (SSSR count). The minimum Gasteiger partial charge on any atom is -0.487 e. The summed E-state index contributed by atoms with van der Waals surface area (Å²) in [7, 11) is 0. The SMILES string of the molecule is C[C@H]1COc2c(N3CC4CCOC4(CN)C3)c(F)cc3c(=O)c(OC(=O)O)cn1c23.Cl. The van der Waals surface area contributed by atoms with Crippen molar-refractivity contribution in [3.8, 4) is 11.5 Å². The molecule has 9 nitrogen and oxygen atoms in total. The van der Waals surface area contributed by atoms with Crippen molar-refractivity contribution in [3.05, 3.63) is 28.3 Å². The van der Waals surface area contributed by atoms with E-state index in [1.165, 1.54) is 6.20 Å². The maximum Gasteiger partial charge on any atom is 0.511 e. The molecule has 0 saturated carbocycles. The summed E-state index contributed by atoms with van der Waals surface area (Å²) >= 11 is 0. The molecule has 31 heavy (non-hydrogen) atoms. The van der Waals surface area contributed by atoms with E-state index in [1.807, 2.05) is 11.8 Å². The zero-order valence-corrected chi connectivity index (χ0v) is 17.6. The molecule has 2 aromatic rings. The van der Waals surface area contributed by atoms with Gasteiger partial charge in [-0.3, -0.25) is 4.79 Å². The highest BCUT2D eigenvalue weighted by atomic mass is 35.5. The van der Waals surface area contributed by atoms with Crippen LogP contribution in [-0.4, -0.2) is 54.3 Å². The maximum atomic E-state index is 15.4. The molecule has 0 aliphatic carbocycles. The van der Waals surface area contributed by atoms with Crippen LogP contribution in [0.1, 0.15) is 19.4 Å². The third-order valence-corrected chi connectivity index (χ3v) is 6.47. The van der Waals surface area contributed by atoms with Crippen LogP contribution >= 0.6 is 12.4 Å². The van der Waals surface area contributed by atoms with Gasteiger partial charge in [-0.15, -0.1) is 12.4 Å². The molecule has 1 aromatic heterocycles. The van der Waals surface area contributed by atoms with Gasteiger partial charge in [-0.05, 0) is 19.4 Å². The van der Waals surface area contributed by atoms with E-state index in [4.69, 9.17) is 20.3 Å². The number of pyridine rings is 1. The number of carboxylic acid groups (broad SMARTS) is 1. The number of hydrogen-bond acceptors (Lipinski definition) is 7. The third-order valence-electron chi connectivity index (χ3n) is 6.47. The Morgan fingerprint density at radius 3 is 2.94 bits per heavy atom. The van der Waals surface area contributed by atoms with Gasteiger partial charge in [0.15, 0.2) is 17.3 Å². The Hall–Kier alpha value is -2.56. The van der Waals surface area contributed by atoms with E-state index in [0.717, 1.165) is 12.5 Å². The largest absolute Gasteiger partial charge is 0.511 e. The zero-order chi connectivity index (χ0) is 21.2. The summed E-state index contributed by atoms with van der Waals surface area (Å²) in [5, 5.41) is 8.95. The molecule has 2 unspecified atom stereocenters. The molecule has 3 aliphatic rings. The van der Waals surface area contributed by atoms with E-state index in [-0.39, 0.29) is 53.5 Å². The highest BCUT2D eigenvalue weighted by Gasteiger charge is 2.51. The average Bonchev–Trinajstić information content (AvgIpc) is 3.24. The number of rotatable bonds is 3. The predicted molar refractivity (Wildman–Crippen MR) is 112 cm³/mol. The van der Waals surface area contributed by atoms with Crippen LogP contribution in [0.5, 0.6) is 11.5 Å². The highest BCUT2D eigenvalue weighted by Crippen LogP contribution is 2.47. The number of aromatic nitrogens is 1. The lowest BCUT2D eigenvalue weighted by molar-refractivity contribution is 0.0126. The number of nitrogens with two attached hydrogens (primary N) is 1. The van der Waals surface area contributed by atoms with Crippen LogP contribution in [0.4, 0.5) is 14.9 Å². The summed E-state index contributed by atoms with van der Waals surface area (Å²) in [6.45, 7) is 4.10. The Morgan fingerprint density at radius 2 is 2.26 bits per heavy atom. The predicted octanol–water partition coefficient (Wildman–Crippen LogP) is 2.13. The fraction of sp³-hybridized carbons (Fsp3) is 0.500.